The highest BCUT2D eigenvalue weighted by Crippen LogP contribution is 2.29. The number of nitro groups is 1. The summed E-state index contributed by atoms with van der Waals surface area (Å²) in [7, 11) is 0. The number of phenols is 1. The highest BCUT2D eigenvalue weighted by Gasteiger charge is 2.15. The molecule has 7 nitrogen and oxygen atoms in total. The molecule has 2 rings (SSSR count). The topological polar surface area (TPSA) is 110 Å². The monoisotopic (exact) mass is 329 g/mol. The Kier molecular flexibility index (Phi) is 5.16. The van der Waals surface area contributed by atoms with Crippen molar-refractivity contribution in [1.82, 2.24) is 0 Å². The Labute approximate surface area is 137 Å². The van der Waals surface area contributed by atoms with Gasteiger partial charge in [0, 0.05) is 6.07 Å². The number of phenolic OH excluding ortho intramolecular Hbond substituents is 1. The lowest BCUT2D eigenvalue weighted by molar-refractivity contribution is -0.385. The van der Waals surface area contributed by atoms with Crippen molar-refractivity contribution in [3.05, 3.63) is 63.7 Å². The van der Waals surface area contributed by atoms with Crippen molar-refractivity contribution in [3.8, 4) is 11.5 Å². The van der Waals surface area contributed by atoms with Crippen LogP contribution in [0.1, 0.15) is 18.1 Å². The van der Waals surface area contributed by atoms with Crippen LogP contribution in [0.15, 0.2) is 42.5 Å². The molecule has 0 saturated carbocycles. The van der Waals surface area contributed by atoms with Crippen molar-refractivity contribution in [2.24, 2.45) is 0 Å². The zero-order valence-corrected chi connectivity index (χ0v) is 12.8. The molecule has 0 heterocycles. The molecule has 0 radical (unpaired) electrons. The maximum absolute atomic E-state index is 11.6. The minimum absolute atomic E-state index is 0.0449. The van der Waals surface area contributed by atoms with Crippen LogP contribution in [0.4, 0.5) is 5.69 Å². The fourth-order valence-corrected chi connectivity index (χ4v) is 2.13. The Morgan fingerprint density at radius 2 is 2.04 bits per heavy atom. The maximum atomic E-state index is 11.6. The van der Waals surface area contributed by atoms with Crippen molar-refractivity contribution in [1.29, 1.82) is 0 Å². The van der Waals surface area contributed by atoms with E-state index in [1.54, 1.807) is 24.3 Å². The highest BCUT2D eigenvalue weighted by molar-refractivity contribution is 6.20. The standard InChI is InChI=1S/C17H15NO6/c1-2-24-13-5-3-4-12(10-13)14(17(20)21)8-11-6-7-16(19)15(9-11)18(22)23/h3-10,19H,2H2,1H3,(H,20,21)/b14-8-. The molecule has 0 aliphatic heterocycles. The summed E-state index contributed by atoms with van der Waals surface area (Å²) in [4.78, 5) is 21.7. The van der Waals surface area contributed by atoms with Gasteiger partial charge in [-0.2, -0.15) is 0 Å². The van der Waals surface area contributed by atoms with Crippen LogP contribution in [-0.4, -0.2) is 27.7 Å². The molecule has 0 unspecified atom stereocenters. The van der Waals surface area contributed by atoms with Gasteiger partial charge in [0.25, 0.3) is 0 Å². The highest BCUT2D eigenvalue weighted by atomic mass is 16.6. The Morgan fingerprint density at radius 1 is 1.29 bits per heavy atom. The van der Waals surface area contributed by atoms with Gasteiger partial charge in [0.05, 0.1) is 17.1 Å². The molecular formula is C17H15NO6. The first-order valence-electron chi connectivity index (χ1n) is 7.08. The van der Waals surface area contributed by atoms with Gasteiger partial charge in [-0.1, -0.05) is 18.2 Å². The molecule has 2 aromatic carbocycles. The predicted octanol–water partition coefficient (Wildman–Crippen LogP) is 3.32. The summed E-state index contributed by atoms with van der Waals surface area (Å²) in [5.41, 5.74) is 0.163. The molecule has 0 saturated heterocycles. The van der Waals surface area contributed by atoms with Gasteiger partial charge in [-0.25, -0.2) is 4.79 Å². The maximum Gasteiger partial charge on any atom is 0.336 e. The summed E-state index contributed by atoms with van der Waals surface area (Å²) in [6, 6.07) is 10.2. The van der Waals surface area contributed by atoms with Gasteiger partial charge in [0.1, 0.15) is 5.75 Å². The number of carboxylic acid groups (broad SMARTS) is 1. The average molecular weight is 329 g/mol. The number of hydrogen-bond acceptors (Lipinski definition) is 5. The molecule has 2 aromatic rings. The second-order valence-corrected chi connectivity index (χ2v) is 4.83. The van der Waals surface area contributed by atoms with Crippen molar-refractivity contribution >= 4 is 23.3 Å². The van der Waals surface area contributed by atoms with Crippen molar-refractivity contribution in [3.63, 3.8) is 0 Å². The molecule has 0 aromatic heterocycles. The fourth-order valence-electron chi connectivity index (χ4n) is 2.13. The van der Waals surface area contributed by atoms with Gasteiger partial charge >= 0.3 is 11.7 Å². The quantitative estimate of drug-likeness (QED) is 0.364. The number of carbonyl (C=O) groups is 1. The molecule has 0 aliphatic rings. The van der Waals surface area contributed by atoms with Gasteiger partial charge < -0.3 is 14.9 Å². The third-order valence-corrected chi connectivity index (χ3v) is 3.19. The van der Waals surface area contributed by atoms with E-state index in [-0.39, 0.29) is 5.57 Å². The van der Waals surface area contributed by atoms with Crippen molar-refractivity contribution < 1.29 is 24.7 Å². The van der Waals surface area contributed by atoms with E-state index in [4.69, 9.17) is 4.74 Å². The molecule has 0 spiro atoms. The number of ether oxygens (including phenoxy) is 1. The van der Waals surface area contributed by atoms with E-state index in [9.17, 15) is 25.1 Å². The first kappa shape index (κ1) is 17.0. The summed E-state index contributed by atoms with van der Waals surface area (Å²) in [5.74, 6) is -1.13. The van der Waals surface area contributed by atoms with Crippen molar-refractivity contribution in [2.75, 3.05) is 6.61 Å². The lowest BCUT2D eigenvalue weighted by atomic mass is 10.0. The number of benzene rings is 2. The van der Waals surface area contributed by atoms with Crippen LogP contribution in [0.25, 0.3) is 11.6 Å². The van der Waals surface area contributed by atoms with E-state index < -0.39 is 22.3 Å². The minimum Gasteiger partial charge on any atom is -0.502 e. The van der Waals surface area contributed by atoms with E-state index in [0.717, 1.165) is 12.1 Å². The van der Waals surface area contributed by atoms with Crippen LogP contribution in [0, 0.1) is 10.1 Å². The van der Waals surface area contributed by atoms with Crippen LogP contribution in [0.5, 0.6) is 11.5 Å². The minimum atomic E-state index is -1.18. The normalized spacial score (nSPS) is 11.1. The lowest BCUT2D eigenvalue weighted by Crippen LogP contribution is -2.01. The molecule has 0 bridgehead atoms. The number of hydrogen-bond donors (Lipinski definition) is 2. The summed E-state index contributed by atoms with van der Waals surface area (Å²) in [6.45, 7) is 2.26. The SMILES string of the molecule is CCOc1cccc(/C(=C/c2ccc(O)c([N+](=O)[O-])c2)C(=O)O)c1. The summed E-state index contributed by atoms with van der Waals surface area (Å²) < 4.78 is 5.35. The number of rotatable bonds is 6. The second kappa shape index (κ2) is 7.28. The Hall–Kier alpha value is -3.35. The van der Waals surface area contributed by atoms with E-state index >= 15 is 0 Å². The van der Waals surface area contributed by atoms with E-state index in [2.05, 4.69) is 0 Å². The number of aliphatic carboxylic acids is 1. The molecule has 0 amide bonds. The zero-order chi connectivity index (χ0) is 17.7. The van der Waals surface area contributed by atoms with Gasteiger partial charge in [0.15, 0.2) is 5.75 Å². The largest absolute Gasteiger partial charge is 0.502 e. The van der Waals surface area contributed by atoms with Crippen LogP contribution in [-0.2, 0) is 4.79 Å². The smallest absolute Gasteiger partial charge is 0.336 e. The van der Waals surface area contributed by atoms with E-state index in [1.807, 2.05) is 6.92 Å². The zero-order valence-electron chi connectivity index (χ0n) is 12.8. The molecule has 0 fully saturated rings. The number of nitro benzene ring substituents is 1. The van der Waals surface area contributed by atoms with E-state index in [1.165, 1.54) is 12.1 Å². The van der Waals surface area contributed by atoms with Crippen LogP contribution in [0.2, 0.25) is 0 Å². The number of nitrogens with zero attached hydrogens (tertiary/aromatic N) is 1. The van der Waals surface area contributed by atoms with Gasteiger partial charge in [0.2, 0.25) is 0 Å². The van der Waals surface area contributed by atoms with Crippen LogP contribution in [0.3, 0.4) is 0 Å². The first-order chi connectivity index (χ1) is 11.4. The first-order valence-corrected chi connectivity index (χ1v) is 7.08. The summed E-state index contributed by atoms with van der Waals surface area (Å²) in [6.07, 6.45) is 1.31. The van der Waals surface area contributed by atoms with E-state index in [0.29, 0.717) is 23.5 Å². The Balaban J connectivity index is 2.50. The molecular weight excluding hydrogens is 314 g/mol. The number of carboxylic acids is 1. The lowest BCUT2D eigenvalue weighted by Gasteiger charge is -2.07. The van der Waals surface area contributed by atoms with Gasteiger partial charge in [-0.3, -0.25) is 10.1 Å². The van der Waals surface area contributed by atoms with Gasteiger partial charge in [-0.05, 0) is 42.3 Å². The van der Waals surface area contributed by atoms with Crippen molar-refractivity contribution in [2.45, 2.75) is 6.92 Å². The third kappa shape index (κ3) is 3.89. The molecule has 124 valence electrons. The third-order valence-electron chi connectivity index (χ3n) is 3.19. The summed E-state index contributed by atoms with van der Waals surface area (Å²) >= 11 is 0. The predicted molar refractivity (Wildman–Crippen MR) is 87.9 cm³/mol. The summed E-state index contributed by atoms with van der Waals surface area (Å²) in [5, 5.41) is 29.8. The number of aromatic hydroxyl groups is 1. The Bertz CT molecular complexity index is 812. The van der Waals surface area contributed by atoms with Gasteiger partial charge in [-0.15, -0.1) is 0 Å². The van der Waals surface area contributed by atoms with Crippen LogP contribution < -0.4 is 4.74 Å². The van der Waals surface area contributed by atoms with Crippen LogP contribution >= 0.6 is 0 Å². The average Bonchev–Trinajstić information content (AvgIpc) is 2.54. The molecule has 0 atom stereocenters. The molecule has 7 heteroatoms. The molecule has 2 N–H and O–H groups in total. The molecule has 0 aliphatic carbocycles. The molecule has 24 heavy (non-hydrogen) atoms. The Morgan fingerprint density at radius 3 is 2.67 bits per heavy atom. The second-order valence-electron chi connectivity index (χ2n) is 4.83. The fraction of sp³-hybridized carbons (Fsp3) is 0.118.